The molecule has 0 aromatic heterocycles. The molecule has 0 atom stereocenters. The van der Waals surface area contributed by atoms with Gasteiger partial charge in [0, 0.05) is 17.1 Å². The van der Waals surface area contributed by atoms with Gasteiger partial charge in [-0.05, 0) is 24.1 Å². The van der Waals surface area contributed by atoms with Crippen LogP contribution < -0.4 is 9.47 Å². The van der Waals surface area contributed by atoms with E-state index in [4.69, 9.17) is 14.6 Å². The van der Waals surface area contributed by atoms with Crippen LogP contribution in [0.2, 0.25) is 0 Å². The fourth-order valence-corrected chi connectivity index (χ4v) is 2.45. The molecule has 0 spiro atoms. The van der Waals surface area contributed by atoms with Gasteiger partial charge in [-0.25, -0.2) is 4.79 Å². The van der Waals surface area contributed by atoms with Crippen molar-refractivity contribution >= 4 is 11.5 Å². The first-order valence-corrected chi connectivity index (χ1v) is 7.45. The zero-order valence-electron chi connectivity index (χ0n) is 13.9. The van der Waals surface area contributed by atoms with Crippen LogP contribution in [0.3, 0.4) is 0 Å². The number of aliphatic carboxylic acids is 1. The van der Waals surface area contributed by atoms with E-state index in [1.54, 1.807) is 20.1 Å². The summed E-state index contributed by atoms with van der Waals surface area (Å²) in [7, 11) is 1.62. The molecule has 0 bridgehead atoms. The lowest BCUT2D eigenvalue weighted by Gasteiger charge is -2.19. The molecule has 1 aliphatic heterocycles. The molecule has 0 radical (unpaired) electrons. The molecule has 1 heterocycles. The lowest BCUT2D eigenvalue weighted by molar-refractivity contribution is -0.131. The Hall–Kier alpha value is -2.49. The third-order valence-corrected chi connectivity index (χ3v) is 3.52. The summed E-state index contributed by atoms with van der Waals surface area (Å²) in [6, 6.07) is 5.76. The van der Waals surface area contributed by atoms with Gasteiger partial charge in [0.15, 0.2) is 11.5 Å². The second-order valence-corrected chi connectivity index (χ2v) is 6.27. The Morgan fingerprint density at radius 3 is 2.78 bits per heavy atom. The Balaban J connectivity index is 2.49. The van der Waals surface area contributed by atoms with Crippen LogP contribution >= 0.6 is 0 Å². The molecule has 122 valence electrons. The van der Waals surface area contributed by atoms with Crippen molar-refractivity contribution in [1.29, 1.82) is 0 Å². The van der Waals surface area contributed by atoms with Gasteiger partial charge >= 0.3 is 5.97 Å². The van der Waals surface area contributed by atoms with Gasteiger partial charge in [0.25, 0.3) is 0 Å². The van der Waals surface area contributed by atoms with Crippen molar-refractivity contribution in [3.8, 4) is 11.5 Å². The number of benzene rings is 1. The fourth-order valence-electron chi connectivity index (χ4n) is 2.45. The van der Waals surface area contributed by atoms with Crippen molar-refractivity contribution in [2.75, 3.05) is 13.7 Å². The van der Waals surface area contributed by atoms with Crippen LogP contribution in [0.15, 0.2) is 48.1 Å². The normalized spacial score (nSPS) is 17.0. The highest BCUT2D eigenvalue weighted by Crippen LogP contribution is 2.41. The van der Waals surface area contributed by atoms with E-state index in [1.807, 2.05) is 24.3 Å². The summed E-state index contributed by atoms with van der Waals surface area (Å²) in [5, 5.41) is 8.81. The predicted octanol–water partition coefficient (Wildman–Crippen LogP) is 4.08. The smallest absolute Gasteiger partial charge is 0.328 e. The van der Waals surface area contributed by atoms with E-state index in [2.05, 4.69) is 19.9 Å². The number of para-hydroxylation sites is 1. The number of fused-ring (bicyclic) bond motifs is 1. The molecule has 4 heteroatoms. The average Bonchev–Trinajstić information content (AvgIpc) is 2.61. The van der Waals surface area contributed by atoms with Gasteiger partial charge < -0.3 is 14.6 Å². The molecule has 1 aromatic carbocycles. The van der Waals surface area contributed by atoms with E-state index >= 15 is 0 Å². The predicted molar refractivity (Wildman–Crippen MR) is 90.8 cm³/mol. The molecule has 1 aromatic rings. The molecule has 0 saturated heterocycles. The van der Waals surface area contributed by atoms with Gasteiger partial charge in [-0.3, -0.25) is 0 Å². The number of carboxylic acid groups (broad SMARTS) is 1. The quantitative estimate of drug-likeness (QED) is 0.672. The highest BCUT2D eigenvalue weighted by Gasteiger charge is 2.24. The van der Waals surface area contributed by atoms with Gasteiger partial charge in [0.05, 0.1) is 13.7 Å². The Bertz CT molecular complexity index is 693. The number of carboxylic acids is 1. The molecule has 2 rings (SSSR count). The molecule has 1 aliphatic rings. The van der Waals surface area contributed by atoms with E-state index < -0.39 is 5.97 Å². The Morgan fingerprint density at radius 2 is 2.13 bits per heavy atom. The van der Waals surface area contributed by atoms with Crippen molar-refractivity contribution in [2.45, 2.75) is 20.8 Å². The van der Waals surface area contributed by atoms with Crippen LogP contribution in [0.5, 0.6) is 11.5 Å². The van der Waals surface area contributed by atoms with Gasteiger partial charge in [-0.2, -0.15) is 0 Å². The second-order valence-electron chi connectivity index (χ2n) is 6.27. The van der Waals surface area contributed by atoms with E-state index in [-0.39, 0.29) is 5.41 Å². The number of carbonyl (C=O) groups is 1. The summed E-state index contributed by atoms with van der Waals surface area (Å²) in [6.45, 7) is 6.50. The summed E-state index contributed by atoms with van der Waals surface area (Å²) in [5.74, 6) is 0.460. The van der Waals surface area contributed by atoms with Crippen LogP contribution in [0.1, 0.15) is 26.3 Å². The number of methoxy groups -OCH3 is 1. The van der Waals surface area contributed by atoms with Gasteiger partial charge in [-0.15, -0.1) is 0 Å². The molecular weight excluding hydrogens is 292 g/mol. The topological polar surface area (TPSA) is 55.8 Å². The second kappa shape index (κ2) is 6.73. The summed E-state index contributed by atoms with van der Waals surface area (Å²) in [6.07, 6.45) is 7.04. The maximum Gasteiger partial charge on any atom is 0.328 e. The summed E-state index contributed by atoms with van der Waals surface area (Å²) in [4.78, 5) is 10.7. The number of hydrogen-bond donors (Lipinski definition) is 1. The Labute approximate surface area is 136 Å². The minimum atomic E-state index is -0.951. The van der Waals surface area contributed by atoms with Crippen molar-refractivity contribution in [1.82, 2.24) is 0 Å². The molecule has 0 fully saturated rings. The summed E-state index contributed by atoms with van der Waals surface area (Å²) >= 11 is 0. The van der Waals surface area contributed by atoms with E-state index in [0.29, 0.717) is 17.9 Å². The minimum absolute atomic E-state index is 0.145. The maximum absolute atomic E-state index is 10.7. The first-order valence-electron chi connectivity index (χ1n) is 7.45. The SMILES string of the molecule is COc1cccc2c1OCC(C)(C)C=C2C=CC(C)=CC(=O)O. The number of ether oxygens (including phenoxy) is 2. The largest absolute Gasteiger partial charge is 0.493 e. The van der Waals surface area contributed by atoms with Crippen LogP contribution in [0.25, 0.3) is 5.57 Å². The molecular formula is C19H22O4. The molecule has 0 aliphatic carbocycles. The van der Waals surface area contributed by atoms with Crippen LogP contribution in [-0.4, -0.2) is 24.8 Å². The molecule has 0 unspecified atom stereocenters. The highest BCUT2D eigenvalue weighted by molar-refractivity contribution is 5.83. The Morgan fingerprint density at radius 1 is 1.39 bits per heavy atom. The van der Waals surface area contributed by atoms with Crippen molar-refractivity contribution in [3.05, 3.63) is 53.6 Å². The van der Waals surface area contributed by atoms with Crippen LogP contribution in [0.4, 0.5) is 0 Å². The van der Waals surface area contributed by atoms with E-state index in [1.165, 1.54) is 6.08 Å². The van der Waals surface area contributed by atoms with Gasteiger partial charge in [0.2, 0.25) is 0 Å². The number of allylic oxidation sites excluding steroid dienone is 4. The van der Waals surface area contributed by atoms with Crippen LogP contribution in [0, 0.1) is 5.41 Å². The zero-order chi connectivity index (χ0) is 17.0. The molecule has 4 nitrogen and oxygen atoms in total. The summed E-state index contributed by atoms with van der Waals surface area (Å²) in [5.41, 5.74) is 2.45. The minimum Gasteiger partial charge on any atom is -0.493 e. The number of rotatable bonds is 4. The average molecular weight is 314 g/mol. The highest BCUT2D eigenvalue weighted by atomic mass is 16.5. The standard InChI is InChI=1S/C19H22O4/c1-13(10-17(20)21)8-9-14-11-19(2,3)12-23-18-15(14)6-5-7-16(18)22-4/h5-11H,12H2,1-4H3,(H,20,21). The molecule has 0 saturated carbocycles. The molecule has 1 N–H and O–H groups in total. The summed E-state index contributed by atoms with van der Waals surface area (Å²) < 4.78 is 11.4. The monoisotopic (exact) mass is 314 g/mol. The first-order chi connectivity index (χ1) is 10.8. The lowest BCUT2D eigenvalue weighted by atomic mass is 9.90. The van der Waals surface area contributed by atoms with Gasteiger partial charge in [0.1, 0.15) is 0 Å². The van der Waals surface area contributed by atoms with Crippen molar-refractivity contribution < 1.29 is 19.4 Å². The van der Waals surface area contributed by atoms with E-state index in [9.17, 15) is 4.79 Å². The van der Waals surface area contributed by atoms with Gasteiger partial charge in [-0.1, -0.05) is 44.2 Å². The first kappa shape index (κ1) is 16.9. The molecule has 23 heavy (non-hydrogen) atoms. The lowest BCUT2D eigenvalue weighted by Crippen LogP contribution is -2.17. The van der Waals surface area contributed by atoms with Crippen molar-refractivity contribution in [2.24, 2.45) is 5.41 Å². The number of hydrogen-bond acceptors (Lipinski definition) is 3. The van der Waals surface area contributed by atoms with Crippen molar-refractivity contribution in [3.63, 3.8) is 0 Å². The Kier molecular flexibility index (Phi) is 4.94. The third kappa shape index (κ3) is 4.25. The third-order valence-electron chi connectivity index (χ3n) is 3.52. The molecule has 0 amide bonds. The van der Waals surface area contributed by atoms with E-state index in [0.717, 1.165) is 16.9 Å². The fraction of sp³-hybridized carbons (Fsp3) is 0.316. The maximum atomic E-state index is 10.7. The zero-order valence-corrected chi connectivity index (χ0v) is 13.9. The van der Waals surface area contributed by atoms with Crippen LogP contribution in [-0.2, 0) is 4.79 Å².